The van der Waals surface area contributed by atoms with Crippen LogP contribution in [0.25, 0.3) is 0 Å². The summed E-state index contributed by atoms with van der Waals surface area (Å²) in [6, 6.07) is 4.66. The first-order valence-corrected chi connectivity index (χ1v) is 7.85. The highest BCUT2D eigenvalue weighted by atomic mass is 35.5. The number of hydrogen-bond acceptors (Lipinski definition) is 4. The molecule has 4 N–H and O–H groups in total. The highest BCUT2D eigenvalue weighted by Gasteiger charge is 2.17. The lowest BCUT2D eigenvalue weighted by Gasteiger charge is -2.08. The number of rotatable bonds is 6. The molecule has 2 aromatic rings. The average Bonchev–Trinajstić information content (AvgIpc) is 2.91. The number of nitrogens with one attached hydrogen (secondary N) is 2. The summed E-state index contributed by atoms with van der Waals surface area (Å²) in [5.74, 6) is 0.720. The highest BCUT2D eigenvalue weighted by molar-refractivity contribution is 7.89. The molecule has 6 nitrogen and oxygen atoms in total. The molecule has 0 saturated carbocycles. The Morgan fingerprint density at radius 3 is 2.80 bits per heavy atom. The lowest BCUT2D eigenvalue weighted by atomic mass is 10.2. The van der Waals surface area contributed by atoms with E-state index < -0.39 is 10.0 Å². The molecule has 1 aromatic carbocycles. The molecular weight excluding hydrogens is 300 g/mol. The predicted octanol–water partition coefficient (Wildman–Crippen LogP) is 1.04. The number of sulfonamides is 1. The zero-order valence-electron chi connectivity index (χ0n) is 10.6. The second-order valence-electron chi connectivity index (χ2n) is 4.15. The fraction of sp³-hybridized carbons (Fsp3) is 0.250. The van der Waals surface area contributed by atoms with Gasteiger partial charge in [0.15, 0.2) is 0 Å². The molecular formula is C12H15ClN4O2S. The van der Waals surface area contributed by atoms with Gasteiger partial charge in [0.25, 0.3) is 0 Å². The van der Waals surface area contributed by atoms with E-state index in [0.717, 1.165) is 11.4 Å². The van der Waals surface area contributed by atoms with Crippen molar-refractivity contribution >= 4 is 21.6 Å². The molecule has 0 radical (unpaired) electrons. The molecule has 0 aliphatic carbocycles. The SMILES string of the molecule is NCc1ccc(S(=O)(=O)NCCc2ncc[nH]2)c(Cl)c1. The topological polar surface area (TPSA) is 101 Å². The van der Waals surface area contributed by atoms with Gasteiger partial charge < -0.3 is 10.7 Å². The summed E-state index contributed by atoms with van der Waals surface area (Å²) < 4.78 is 26.7. The molecule has 108 valence electrons. The van der Waals surface area contributed by atoms with Crippen molar-refractivity contribution in [2.45, 2.75) is 17.9 Å². The largest absolute Gasteiger partial charge is 0.349 e. The van der Waals surface area contributed by atoms with E-state index in [1.807, 2.05) is 0 Å². The van der Waals surface area contributed by atoms with E-state index in [9.17, 15) is 8.42 Å². The Morgan fingerprint density at radius 2 is 2.20 bits per heavy atom. The van der Waals surface area contributed by atoms with E-state index in [4.69, 9.17) is 17.3 Å². The third-order valence-corrected chi connectivity index (χ3v) is 4.67. The molecule has 0 amide bonds. The van der Waals surface area contributed by atoms with Crippen molar-refractivity contribution in [3.63, 3.8) is 0 Å². The van der Waals surface area contributed by atoms with Crippen LogP contribution in [0.4, 0.5) is 0 Å². The van der Waals surface area contributed by atoms with Crippen LogP contribution in [0.1, 0.15) is 11.4 Å². The van der Waals surface area contributed by atoms with Crippen LogP contribution in [0.2, 0.25) is 5.02 Å². The predicted molar refractivity (Wildman–Crippen MR) is 76.8 cm³/mol. The first-order chi connectivity index (χ1) is 9.53. The Labute approximate surface area is 122 Å². The van der Waals surface area contributed by atoms with Gasteiger partial charge in [0, 0.05) is 31.9 Å². The summed E-state index contributed by atoms with van der Waals surface area (Å²) in [7, 11) is -3.63. The maximum Gasteiger partial charge on any atom is 0.242 e. The zero-order valence-corrected chi connectivity index (χ0v) is 12.2. The zero-order chi connectivity index (χ0) is 14.6. The molecule has 0 aliphatic rings. The third kappa shape index (κ3) is 3.57. The monoisotopic (exact) mass is 314 g/mol. The molecule has 0 spiro atoms. The minimum absolute atomic E-state index is 0.0517. The van der Waals surface area contributed by atoms with E-state index in [1.54, 1.807) is 24.5 Å². The molecule has 0 fully saturated rings. The van der Waals surface area contributed by atoms with Crippen LogP contribution in [0.3, 0.4) is 0 Å². The van der Waals surface area contributed by atoms with Gasteiger partial charge in [-0.05, 0) is 17.7 Å². The maximum absolute atomic E-state index is 12.1. The van der Waals surface area contributed by atoms with Gasteiger partial charge in [0.1, 0.15) is 10.7 Å². The lowest BCUT2D eigenvalue weighted by molar-refractivity contribution is 0.581. The van der Waals surface area contributed by atoms with Crippen molar-refractivity contribution in [3.8, 4) is 0 Å². The van der Waals surface area contributed by atoms with Crippen molar-refractivity contribution < 1.29 is 8.42 Å². The Morgan fingerprint density at radius 1 is 1.40 bits per heavy atom. The number of aromatic nitrogens is 2. The number of hydrogen-bond donors (Lipinski definition) is 3. The fourth-order valence-corrected chi connectivity index (χ4v) is 3.30. The molecule has 2 rings (SSSR count). The van der Waals surface area contributed by atoms with Crippen molar-refractivity contribution in [1.82, 2.24) is 14.7 Å². The van der Waals surface area contributed by atoms with E-state index >= 15 is 0 Å². The lowest BCUT2D eigenvalue weighted by Crippen LogP contribution is -2.26. The number of aromatic amines is 1. The van der Waals surface area contributed by atoms with Crippen molar-refractivity contribution in [2.24, 2.45) is 5.73 Å². The van der Waals surface area contributed by atoms with Crippen LogP contribution in [0.5, 0.6) is 0 Å². The molecule has 0 atom stereocenters. The quantitative estimate of drug-likeness (QED) is 0.741. The molecule has 1 aromatic heterocycles. The van der Waals surface area contributed by atoms with Crippen LogP contribution in [0, 0.1) is 0 Å². The first kappa shape index (κ1) is 15.0. The van der Waals surface area contributed by atoms with Crippen molar-refractivity contribution in [1.29, 1.82) is 0 Å². The Hall–Kier alpha value is -1.41. The molecule has 20 heavy (non-hydrogen) atoms. The summed E-state index contributed by atoms with van der Waals surface area (Å²) in [6.07, 6.45) is 3.78. The van der Waals surface area contributed by atoms with Crippen LogP contribution < -0.4 is 10.5 Å². The Bertz CT molecular complexity index is 671. The van der Waals surface area contributed by atoms with Gasteiger partial charge in [-0.15, -0.1) is 0 Å². The van der Waals surface area contributed by atoms with Crippen LogP contribution >= 0.6 is 11.6 Å². The van der Waals surface area contributed by atoms with Gasteiger partial charge >= 0.3 is 0 Å². The summed E-state index contributed by atoms with van der Waals surface area (Å²) in [5, 5.41) is 0.165. The van der Waals surface area contributed by atoms with Gasteiger partial charge in [0.2, 0.25) is 10.0 Å². The summed E-state index contributed by atoms with van der Waals surface area (Å²) in [6.45, 7) is 0.552. The van der Waals surface area contributed by atoms with E-state index in [1.165, 1.54) is 6.07 Å². The number of benzene rings is 1. The van der Waals surface area contributed by atoms with Gasteiger partial charge in [0.05, 0.1) is 5.02 Å². The second-order valence-corrected chi connectivity index (χ2v) is 6.30. The number of nitrogens with two attached hydrogens (primary N) is 1. The number of H-pyrrole nitrogens is 1. The minimum atomic E-state index is -3.63. The molecule has 0 bridgehead atoms. The normalized spacial score (nSPS) is 11.7. The molecule has 0 saturated heterocycles. The van der Waals surface area contributed by atoms with Crippen LogP contribution in [-0.4, -0.2) is 24.9 Å². The summed E-state index contributed by atoms with van der Waals surface area (Å²) >= 11 is 5.98. The maximum atomic E-state index is 12.1. The van der Waals surface area contributed by atoms with Gasteiger partial charge in [-0.1, -0.05) is 17.7 Å². The van der Waals surface area contributed by atoms with E-state index in [0.29, 0.717) is 13.0 Å². The Balaban J connectivity index is 2.06. The molecule has 8 heteroatoms. The van der Waals surface area contributed by atoms with Gasteiger partial charge in [-0.3, -0.25) is 0 Å². The van der Waals surface area contributed by atoms with E-state index in [-0.39, 0.29) is 16.5 Å². The molecule has 0 aliphatic heterocycles. The molecule has 1 heterocycles. The fourth-order valence-electron chi connectivity index (χ4n) is 1.71. The van der Waals surface area contributed by atoms with Crippen LogP contribution in [0.15, 0.2) is 35.5 Å². The van der Waals surface area contributed by atoms with Crippen molar-refractivity contribution in [2.75, 3.05) is 6.54 Å². The van der Waals surface area contributed by atoms with Gasteiger partial charge in [-0.25, -0.2) is 18.1 Å². The highest BCUT2D eigenvalue weighted by Crippen LogP contribution is 2.22. The second kappa shape index (κ2) is 6.36. The van der Waals surface area contributed by atoms with Crippen LogP contribution in [-0.2, 0) is 23.0 Å². The minimum Gasteiger partial charge on any atom is -0.349 e. The number of halogens is 1. The average molecular weight is 315 g/mol. The smallest absolute Gasteiger partial charge is 0.242 e. The summed E-state index contributed by atoms with van der Waals surface area (Å²) in [4.78, 5) is 6.97. The third-order valence-electron chi connectivity index (χ3n) is 2.73. The Kier molecular flexibility index (Phi) is 4.77. The molecule has 0 unspecified atom stereocenters. The van der Waals surface area contributed by atoms with Gasteiger partial charge in [-0.2, -0.15) is 0 Å². The number of imidazole rings is 1. The summed E-state index contributed by atoms with van der Waals surface area (Å²) in [5.41, 5.74) is 6.26. The van der Waals surface area contributed by atoms with Crippen molar-refractivity contribution in [3.05, 3.63) is 47.0 Å². The number of nitrogens with zero attached hydrogens (tertiary/aromatic N) is 1. The standard InChI is InChI=1S/C12H15ClN4O2S/c13-10-7-9(8-14)1-2-11(10)20(18,19)17-4-3-12-15-5-6-16-12/h1-2,5-7,17H,3-4,8,14H2,(H,15,16). The van der Waals surface area contributed by atoms with E-state index in [2.05, 4.69) is 14.7 Å². The first-order valence-electron chi connectivity index (χ1n) is 5.99.